The number of nitrogens with zero attached hydrogens (tertiary/aromatic N) is 5. The average Bonchev–Trinajstić information content (AvgIpc) is 3.78. The molecule has 5 rings (SSSR count). The van der Waals surface area contributed by atoms with E-state index >= 15 is 0 Å². The number of hydrogen-bond donors (Lipinski definition) is 3. The molecule has 0 aliphatic carbocycles. The average molecular weight is 842 g/mol. The first kappa shape index (κ1) is 47.4. The monoisotopic (exact) mass is 842 g/mol. The number of unbranched alkanes of at least 4 members (excludes halogenated alkanes) is 1. The number of esters is 1. The van der Waals surface area contributed by atoms with Gasteiger partial charge in [0.15, 0.2) is 17.7 Å². The Labute approximate surface area is 356 Å². The molecular formula is C44H71N7O9. The minimum Gasteiger partial charge on any atom is -0.458 e. The lowest BCUT2D eigenvalue weighted by Crippen LogP contribution is -2.61. The molecule has 1 unspecified atom stereocenters. The van der Waals surface area contributed by atoms with Crippen LogP contribution in [-0.2, 0) is 39.8 Å². The zero-order valence-electron chi connectivity index (χ0n) is 37.6. The van der Waals surface area contributed by atoms with Crippen LogP contribution >= 0.6 is 0 Å². The van der Waals surface area contributed by atoms with Crippen molar-refractivity contribution in [3.8, 4) is 11.3 Å². The second-order valence-corrected chi connectivity index (χ2v) is 18.1. The van der Waals surface area contributed by atoms with Gasteiger partial charge in [0.2, 0.25) is 0 Å². The van der Waals surface area contributed by atoms with E-state index in [9.17, 15) is 19.5 Å². The van der Waals surface area contributed by atoms with E-state index < -0.39 is 65.7 Å². The zero-order chi connectivity index (χ0) is 44.1. The number of aliphatic hydroxyl groups excluding tert-OH is 1. The van der Waals surface area contributed by atoms with Crippen molar-refractivity contribution >= 4 is 23.5 Å². The van der Waals surface area contributed by atoms with E-state index in [1.807, 2.05) is 84.1 Å². The maximum absolute atomic E-state index is 14.4. The summed E-state index contributed by atoms with van der Waals surface area (Å²) in [6, 6.07) is 6.53. The number of carbonyl (C=O) groups is 3. The van der Waals surface area contributed by atoms with Gasteiger partial charge in [-0.2, -0.15) is 0 Å². The number of nitrogens with two attached hydrogens (primary N) is 1. The third-order valence-electron chi connectivity index (χ3n) is 13.1. The van der Waals surface area contributed by atoms with Crippen LogP contribution in [0.1, 0.15) is 93.9 Å². The number of rotatable bonds is 11. The van der Waals surface area contributed by atoms with Gasteiger partial charge in [-0.1, -0.05) is 38.1 Å². The summed E-state index contributed by atoms with van der Waals surface area (Å²) in [6.45, 7) is 16.6. The molecule has 4 heterocycles. The Morgan fingerprint density at radius 1 is 1.08 bits per heavy atom. The number of anilines is 1. The van der Waals surface area contributed by atoms with Crippen LogP contribution in [0.15, 0.2) is 30.5 Å². The minimum absolute atomic E-state index is 0.0906. The molecule has 3 saturated heterocycles. The fraction of sp³-hybridized carbons (Fsp3) is 0.750. The van der Waals surface area contributed by atoms with Crippen LogP contribution in [-0.4, -0.2) is 142 Å². The summed E-state index contributed by atoms with van der Waals surface area (Å²) in [4.78, 5) is 46.0. The molecule has 0 bridgehead atoms. The van der Waals surface area contributed by atoms with E-state index in [2.05, 4.69) is 22.6 Å². The van der Waals surface area contributed by atoms with Gasteiger partial charge in [0, 0.05) is 49.5 Å². The van der Waals surface area contributed by atoms with Crippen molar-refractivity contribution in [2.75, 3.05) is 40.0 Å². The van der Waals surface area contributed by atoms with Crippen LogP contribution in [0, 0.1) is 17.8 Å². The van der Waals surface area contributed by atoms with Crippen molar-refractivity contribution in [2.45, 2.75) is 160 Å². The highest BCUT2D eigenvalue weighted by molar-refractivity contribution is 6.00. The highest BCUT2D eigenvalue weighted by Gasteiger charge is 2.58. The van der Waals surface area contributed by atoms with Crippen molar-refractivity contribution in [1.82, 2.24) is 30.1 Å². The molecule has 60 heavy (non-hydrogen) atoms. The van der Waals surface area contributed by atoms with Gasteiger partial charge in [-0.25, -0.2) is 4.79 Å². The van der Waals surface area contributed by atoms with Gasteiger partial charge in [-0.3, -0.25) is 19.2 Å². The summed E-state index contributed by atoms with van der Waals surface area (Å²) in [5, 5.41) is 23.7. The highest BCUT2D eigenvalue weighted by Crippen LogP contribution is 2.40. The molecule has 16 nitrogen and oxygen atoms in total. The number of cyclic esters (lactones) is 1. The van der Waals surface area contributed by atoms with Crippen LogP contribution < -0.4 is 11.1 Å². The Morgan fingerprint density at radius 3 is 2.47 bits per heavy atom. The number of hydrogen-bond acceptors (Lipinski definition) is 14. The summed E-state index contributed by atoms with van der Waals surface area (Å²) in [5.74, 6) is -3.05. The van der Waals surface area contributed by atoms with Gasteiger partial charge in [0.05, 0.1) is 30.0 Å². The molecule has 1 aromatic carbocycles. The first-order valence-electron chi connectivity index (χ1n) is 21.8. The van der Waals surface area contributed by atoms with Gasteiger partial charge in [-0.05, 0) is 112 Å². The van der Waals surface area contributed by atoms with Gasteiger partial charge in [-0.15, -0.1) is 5.10 Å². The molecule has 16 heteroatoms. The van der Waals surface area contributed by atoms with E-state index in [1.54, 1.807) is 30.5 Å². The van der Waals surface area contributed by atoms with E-state index in [-0.39, 0.29) is 29.9 Å². The number of methoxy groups -OCH3 is 1. The van der Waals surface area contributed by atoms with E-state index in [1.165, 1.54) is 0 Å². The topological polar surface area (TPSA) is 193 Å². The van der Waals surface area contributed by atoms with E-state index in [4.69, 9.17) is 29.4 Å². The van der Waals surface area contributed by atoms with Crippen molar-refractivity contribution < 1.29 is 43.2 Å². The van der Waals surface area contributed by atoms with Gasteiger partial charge < -0.3 is 44.7 Å². The van der Waals surface area contributed by atoms with Gasteiger partial charge in [0.25, 0.3) is 0 Å². The molecule has 13 atom stereocenters. The van der Waals surface area contributed by atoms with Crippen molar-refractivity contribution in [1.29, 1.82) is 0 Å². The lowest BCUT2D eigenvalue weighted by molar-refractivity contribution is -0.295. The number of aliphatic hydroxyl groups is 1. The lowest BCUT2D eigenvalue weighted by Gasteiger charge is -2.47. The number of aromatic nitrogens is 3. The number of nitrogens with one attached hydrogen (secondary N) is 1. The number of benzene rings is 1. The second-order valence-electron chi connectivity index (χ2n) is 18.1. The first-order chi connectivity index (χ1) is 28.3. The van der Waals surface area contributed by atoms with Crippen molar-refractivity contribution in [3.05, 3.63) is 30.5 Å². The summed E-state index contributed by atoms with van der Waals surface area (Å²) < 4.78 is 33.3. The molecule has 336 valence electrons. The van der Waals surface area contributed by atoms with Crippen LogP contribution in [0.25, 0.3) is 11.3 Å². The van der Waals surface area contributed by atoms with Crippen LogP contribution in [0.3, 0.4) is 0 Å². The number of fused-ring (bicyclic) bond motifs is 1. The molecule has 4 N–H and O–H groups in total. The number of ether oxygens (including phenoxy) is 5. The number of likely N-dealkylation sites (N-methyl/N-ethyl adjacent to an activating group) is 1. The molecule has 3 fully saturated rings. The Balaban J connectivity index is 1.36. The Morgan fingerprint density at radius 2 is 1.80 bits per heavy atom. The zero-order valence-corrected chi connectivity index (χ0v) is 37.6. The van der Waals surface area contributed by atoms with Crippen molar-refractivity contribution in [2.24, 2.45) is 17.8 Å². The summed E-state index contributed by atoms with van der Waals surface area (Å²) in [5.41, 5.74) is 6.00. The largest absolute Gasteiger partial charge is 0.458 e. The maximum atomic E-state index is 14.4. The van der Waals surface area contributed by atoms with Crippen LogP contribution in [0.5, 0.6) is 0 Å². The Bertz CT molecular complexity index is 1760. The first-order valence-corrected chi connectivity index (χ1v) is 21.8. The molecule has 2 aromatic rings. The summed E-state index contributed by atoms with van der Waals surface area (Å²) >= 11 is 0. The molecular weight excluding hydrogens is 771 g/mol. The summed E-state index contributed by atoms with van der Waals surface area (Å²) in [7, 11) is 5.41. The molecule has 1 amide bonds. The van der Waals surface area contributed by atoms with Crippen LogP contribution in [0.4, 0.5) is 10.5 Å². The Kier molecular flexibility index (Phi) is 15.8. The fourth-order valence-electron chi connectivity index (χ4n) is 9.65. The number of carbonyl (C=O) groups excluding carboxylic acids is 3. The minimum atomic E-state index is -1.22. The molecule has 0 saturated carbocycles. The maximum Gasteiger partial charge on any atom is 0.410 e. The molecule has 0 spiro atoms. The van der Waals surface area contributed by atoms with Crippen molar-refractivity contribution in [3.63, 3.8) is 0 Å². The third-order valence-corrected chi connectivity index (χ3v) is 13.1. The molecule has 3 aliphatic rings. The van der Waals surface area contributed by atoms with E-state index in [0.29, 0.717) is 51.0 Å². The normalized spacial score (nSPS) is 36.2. The second kappa shape index (κ2) is 20.0. The molecule has 1 aromatic heterocycles. The lowest BCUT2D eigenvalue weighted by atomic mass is 9.78. The predicted octanol–water partition coefficient (Wildman–Crippen LogP) is 4.67. The van der Waals surface area contributed by atoms with Gasteiger partial charge >= 0.3 is 12.1 Å². The highest BCUT2D eigenvalue weighted by atomic mass is 16.7. The Hall–Kier alpha value is -3.67. The number of ketones is 1. The standard InChI is InChI=1S/C44H71N7O9/c1-12-35-44(8)38(51(42(55)60-44)21-14-13-20-50-25-33(47-48-50)31-16-15-17-32(45)23-31)30(6)46-19-18-26(2)24-43(7,56-11)39(28(4)36(52)29(5)40(54)58-35)59-41-37(53)34(49(9)10)22-27(3)57-41/h15-17,23,25-30,34-35,37-39,41,46,53H,12-14,18-22,24,45H2,1-11H3/t26-,27+,28-,29+,30+,34?,35+,37+,38+,39+,41-,43+,44+/m0/s1. The van der Waals surface area contributed by atoms with Gasteiger partial charge in [0.1, 0.15) is 23.8 Å². The quantitative estimate of drug-likeness (QED) is 0.122. The fourth-order valence-corrected chi connectivity index (χ4v) is 9.65. The smallest absolute Gasteiger partial charge is 0.410 e. The predicted molar refractivity (Wildman–Crippen MR) is 227 cm³/mol. The SMILES string of the molecule is CC[C@H]1OC(=O)[C@H](C)C(=O)[C@H](C)[C@@H](O[C@@H]2O[C@H](C)CC(N(C)C)[C@H]2O)[C@](C)(OC)C[C@@H](C)CCN[C@H](C)[C@H]2N(CCCCn3cc(-c4cccc(N)c4)nn3)C(=O)O[C@]12C. The number of Topliss-reactive ketones (excluding diaryl/α,β-unsaturated/α-hetero) is 1. The van der Waals surface area contributed by atoms with Crippen LogP contribution in [0.2, 0.25) is 0 Å². The summed E-state index contributed by atoms with van der Waals surface area (Å²) in [6.07, 6.45) is 1.05. The van der Waals surface area contributed by atoms with E-state index in [0.717, 1.165) is 24.1 Å². The third kappa shape index (κ3) is 10.5. The number of nitrogen functional groups attached to an aromatic ring is 1. The number of aryl methyl sites for hydroxylation is 1. The number of amides is 1. The molecule has 3 aliphatic heterocycles. The molecule has 0 radical (unpaired) electrons.